The van der Waals surface area contributed by atoms with Gasteiger partial charge in [0.25, 0.3) is 0 Å². The Morgan fingerprint density at radius 3 is 3.38 bits per heavy atom. The van der Waals surface area contributed by atoms with Crippen LogP contribution in [0.15, 0.2) is 12.3 Å². The predicted octanol–water partition coefficient (Wildman–Crippen LogP) is 2.42. The Morgan fingerprint density at radius 2 is 2.57 bits per heavy atom. The third-order valence-corrected chi connectivity index (χ3v) is 5.61. The predicted molar refractivity (Wildman–Crippen MR) is 81.6 cm³/mol. The second kappa shape index (κ2) is 5.05. The van der Waals surface area contributed by atoms with E-state index in [-0.39, 0.29) is 12.6 Å². The van der Waals surface area contributed by atoms with Crippen molar-refractivity contribution in [2.75, 3.05) is 13.2 Å². The first kappa shape index (κ1) is 11.6. The van der Waals surface area contributed by atoms with E-state index in [1.54, 1.807) is 10.7 Å². The average molecular weight is 327 g/mol. The highest BCUT2D eigenvalue weighted by molar-refractivity contribution is 7.16. The highest BCUT2D eigenvalue weighted by atomic mass is 35.5. The van der Waals surface area contributed by atoms with Gasteiger partial charge in [-0.05, 0) is 31.0 Å². The molecule has 2 aliphatic heterocycles. The molecule has 0 unspecified atom stereocenters. The quantitative estimate of drug-likeness (QED) is 0.874. The summed E-state index contributed by atoms with van der Waals surface area (Å²) in [6.07, 6.45) is 1.91. The number of hydrogen-bond donors (Lipinski definition) is 1. The van der Waals surface area contributed by atoms with Gasteiger partial charge in [0.2, 0.25) is 0 Å². The number of halogens is 1. The molecule has 0 bridgehead atoms. The first-order valence-electron chi connectivity index (χ1n) is 7.93. The molecule has 0 aromatic carbocycles. The Hall–Kier alpha value is -0.950. The topological polar surface area (TPSA) is 52.0 Å². The summed E-state index contributed by atoms with van der Waals surface area (Å²) in [4.78, 5) is 0.925. The van der Waals surface area contributed by atoms with Crippen LogP contribution in [0.3, 0.4) is 0 Å². The van der Waals surface area contributed by atoms with Gasteiger partial charge < -0.3 is 10.1 Å². The normalized spacial score (nSPS) is 32.6. The minimum absolute atomic E-state index is 0.0372. The largest absolute Gasteiger partial charge is 0.369 e. The monoisotopic (exact) mass is 326 g/mol. The van der Waals surface area contributed by atoms with Crippen molar-refractivity contribution in [3.05, 3.63) is 32.7 Å². The second-order valence-electron chi connectivity index (χ2n) is 5.53. The molecule has 5 nitrogen and oxygen atoms in total. The van der Waals surface area contributed by atoms with Crippen LogP contribution in [0.1, 0.15) is 37.8 Å². The molecule has 1 fully saturated rings. The van der Waals surface area contributed by atoms with Crippen LogP contribution in [0.2, 0.25) is 4.34 Å². The van der Waals surface area contributed by atoms with Crippen LogP contribution >= 0.6 is 22.9 Å². The van der Waals surface area contributed by atoms with Crippen LogP contribution in [-0.4, -0.2) is 28.1 Å². The molecule has 1 saturated heterocycles. The van der Waals surface area contributed by atoms with Crippen molar-refractivity contribution in [1.82, 2.24) is 20.3 Å². The van der Waals surface area contributed by atoms with Crippen molar-refractivity contribution in [2.45, 2.75) is 30.9 Å². The minimum atomic E-state index is -1.49. The fourth-order valence-corrected chi connectivity index (χ4v) is 4.56. The van der Waals surface area contributed by atoms with E-state index >= 15 is 0 Å². The van der Waals surface area contributed by atoms with E-state index in [2.05, 4.69) is 15.6 Å². The van der Waals surface area contributed by atoms with Gasteiger partial charge in [-0.3, -0.25) is 4.68 Å². The van der Waals surface area contributed by atoms with E-state index in [1.165, 1.54) is 11.3 Å². The Kier molecular flexibility index (Phi) is 2.79. The molecule has 7 heteroatoms. The molecule has 2 aliphatic rings. The molecule has 1 N–H and O–H groups in total. The molecule has 4 heterocycles. The fraction of sp³-hybridized carbons (Fsp3) is 0.571. The van der Waals surface area contributed by atoms with Crippen LogP contribution < -0.4 is 5.32 Å². The second-order valence-corrected chi connectivity index (χ2v) is 7.21. The molecular formula is C14H17ClN4OS. The van der Waals surface area contributed by atoms with Crippen molar-refractivity contribution >= 4 is 22.9 Å². The standard InChI is InChI=1S/C14H17ClN4OS/c1-19-8-11(17-18-19)10-7-14(3-4-16-10)13-9(2-5-20-14)6-12(15)21-13/h6,8,10,16H,2-5,7H2,1H3/t10-,14-/m0/s1/i2D2. The van der Waals surface area contributed by atoms with Gasteiger partial charge in [-0.15, -0.1) is 16.4 Å². The van der Waals surface area contributed by atoms with E-state index in [0.717, 1.165) is 23.5 Å². The molecule has 2 aromatic heterocycles. The van der Waals surface area contributed by atoms with Gasteiger partial charge >= 0.3 is 0 Å². The lowest BCUT2D eigenvalue weighted by atomic mass is 9.82. The van der Waals surface area contributed by atoms with Gasteiger partial charge in [-0.25, -0.2) is 0 Å². The van der Waals surface area contributed by atoms with Crippen molar-refractivity contribution < 1.29 is 7.48 Å². The highest BCUT2D eigenvalue weighted by Crippen LogP contribution is 2.48. The Balaban J connectivity index is 1.73. The van der Waals surface area contributed by atoms with Crippen LogP contribution in [0.25, 0.3) is 0 Å². The van der Waals surface area contributed by atoms with Gasteiger partial charge in [0, 0.05) is 27.3 Å². The van der Waals surface area contributed by atoms with Crippen LogP contribution in [0.5, 0.6) is 0 Å². The number of thiophene rings is 1. The van der Waals surface area contributed by atoms with Crippen molar-refractivity contribution in [1.29, 1.82) is 0 Å². The lowest BCUT2D eigenvalue weighted by Crippen LogP contribution is -2.45. The number of aromatic nitrogens is 3. The number of nitrogens with one attached hydrogen (secondary N) is 1. The van der Waals surface area contributed by atoms with Gasteiger partial charge in [0.15, 0.2) is 0 Å². The molecule has 4 rings (SSSR count). The van der Waals surface area contributed by atoms with E-state index in [1.807, 2.05) is 13.2 Å². The molecule has 2 aromatic rings. The molecule has 0 amide bonds. The maximum Gasteiger partial charge on any atom is 0.106 e. The Morgan fingerprint density at radius 1 is 1.67 bits per heavy atom. The molecule has 0 radical (unpaired) electrons. The summed E-state index contributed by atoms with van der Waals surface area (Å²) in [5.41, 5.74) is 1.07. The van der Waals surface area contributed by atoms with Gasteiger partial charge in [-0.1, -0.05) is 16.8 Å². The number of hydrogen-bond acceptors (Lipinski definition) is 5. The van der Waals surface area contributed by atoms with Crippen molar-refractivity contribution in [2.24, 2.45) is 7.05 Å². The smallest absolute Gasteiger partial charge is 0.106 e. The lowest BCUT2D eigenvalue weighted by Gasteiger charge is -2.43. The Labute approximate surface area is 135 Å². The summed E-state index contributed by atoms with van der Waals surface area (Å²) >= 11 is 7.62. The van der Waals surface area contributed by atoms with E-state index in [0.29, 0.717) is 16.3 Å². The van der Waals surface area contributed by atoms with Gasteiger partial charge in [0.1, 0.15) is 5.60 Å². The van der Waals surface area contributed by atoms with E-state index in [9.17, 15) is 0 Å². The fourth-order valence-electron chi connectivity index (χ4n) is 3.17. The van der Waals surface area contributed by atoms with Crippen LogP contribution in [0, 0.1) is 0 Å². The number of fused-ring (bicyclic) bond motifs is 2. The highest BCUT2D eigenvalue weighted by Gasteiger charge is 2.44. The van der Waals surface area contributed by atoms with E-state index < -0.39 is 12.0 Å². The minimum Gasteiger partial charge on any atom is -0.369 e. The van der Waals surface area contributed by atoms with Crippen LogP contribution in [0.4, 0.5) is 0 Å². The lowest BCUT2D eigenvalue weighted by molar-refractivity contribution is -0.0871. The summed E-state index contributed by atoms with van der Waals surface area (Å²) in [7, 11) is 1.85. The molecule has 112 valence electrons. The zero-order valence-electron chi connectivity index (χ0n) is 13.6. The molecule has 0 saturated carbocycles. The maximum atomic E-state index is 8.19. The third-order valence-electron chi connectivity index (χ3n) is 4.16. The average Bonchev–Trinajstić information content (AvgIpc) is 3.11. The first-order chi connectivity index (χ1) is 10.9. The summed E-state index contributed by atoms with van der Waals surface area (Å²) < 4.78 is 24.8. The molecule has 1 spiro atoms. The number of ether oxygens (including phenoxy) is 1. The maximum absolute atomic E-state index is 8.19. The summed E-state index contributed by atoms with van der Waals surface area (Å²) in [6.45, 7) is 0.833. The molecular weight excluding hydrogens is 308 g/mol. The zero-order chi connectivity index (χ0) is 16.2. The van der Waals surface area contributed by atoms with Crippen molar-refractivity contribution in [3.63, 3.8) is 0 Å². The van der Waals surface area contributed by atoms with E-state index in [4.69, 9.17) is 19.1 Å². The SMILES string of the molecule is [2H]C1([2H])CO[C@]2(CCN[C@H](c3cn(C)nn3)C2)c2sc(Cl)cc21. The zero-order valence-corrected chi connectivity index (χ0v) is 13.2. The summed E-state index contributed by atoms with van der Waals surface area (Å²) in [6, 6.07) is 1.79. The van der Waals surface area contributed by atoms with Gasteiger partial charge in [0.05, 0.1) is 22.7 Å². The number of piperidine rings is 1. The van der Waals surface area contributed by atoms with Crippen molar-refractivity contribution in [3.8, 4) is 0 Å². The molecule has 2 atom stereocenters. The van der Waals surface area contributed by atoms with Gasteiger partial charge in [-0.2, -0.15) is 0 Å². The van der Waals surface area contributed by atoms with Crippen LogP contribution in [-0.2, 0) is 23.8 Å². The molecule has 21 heavy (non-hydrogen) atoms. The first-order valence-corrected chi connectivity index (χ1v) is 8.13. The number of aryl methyl sites for hydroxylation is 1. The number of nitrogens with zero attached hydrogens (tertiary/aromatic N) is 3. The molecule has 0 aliphatic carbocycles. The summed E-state index contributed by atoms with van der Waals surface area (Å²) in [5.74, 6) is 0. The summed E-state index contributed by atoms with van der Waals surface area (Å²) in [5, 5.41) is 11.7. The third kappa shape index (κ3) is 2.30. The number of rotatable bonds is 1. The Bertz CT molecular complexity index is 749.